The van der Waals surface area contributed by atoms with Gasteiger partial charge in [0.15, 0.2) is 0 Å². The molecule has 1 saturated heterocycles. The Hall–Kier alpha value is -2.90. The molecule has 0 saturated carbocycles. The van der Waals surface area contributed by atoms with Gasteiger partial charge in [0, 0.05) is 36.8 Å². The minimum Gasteiger partial charge on any atom is -0.507 e. The van der Waals surface area contributed by atoms with E-state index >= 15 is 0 Å². The molecule has 1 aromatic heterocycles. The number of piperazine rings is 1. The van der Waals surface area contributed by atoms with E-state index in [-0.39, 0.29) is 23.3 Å². The number of nitrogens with zero attached hydrogens (tertiary/aromatic N) is 4. The lowest BCUT2D eigenvalue weighted by atomic mass is 10.1. The molecule has 150 valence electrons. The van der Waals surface area contributed by atoms with Crippen molar-refractivity contribution in [2.75, 3.05) is 26.2 Å². The van der Waals surface area contributed by atoms with Gasteiger partial charge in [0.2, 0.25) is 11.7 Å². The van der Waals surface area contributed by atoms with Gasteiger partial charge in [-0.2, -0.15) is 4.98 Å². The number of aromatic nitrogens is 2. The molecule has 29 heavy (non-hydrogen) atoms. The summed E-state index contributed by atoms with van der Waals surface area (Å²) >= 11 is 5.97. The fourth-order valence-corrected chi connectivity index (χ4v) is 3.60. The summed E-state index contributed by atoms with van der Waals surface area (Å²) < 4.78 is 5.48. The Kier molecular flexibility index (Phi) is 5.51. The summed E-state index contributed by atoms with van der Waals surface area (Å²) in [5, 5.41) is 14.5. The molecule has 2 heterocycles. The van der Waals surface area contributed by atoms with Crippen molar-refractivity contribution < 1.29 is 14.4 Å². The molecule has 0 bridgehead atoms. The first-order valence-electron chi connectivity index (χ1n) is 9.44. The van der Waals surface area contributed by atoms with Crippen LogP contribution in [0, 0.1) is 0 Å². The van der Waals surface area contributed by atoms with Gasteiger partial charge in [-0.3, -0.25) is 9.69 Å². The second-order valence-corrected chi connectivity index (χ2v) is 7.42. The van der Waals surface area contributed by atoms with Crippen LogP contribution in [0.15, 0.2) is 53.1 Å². The topological polar surface area (TPSA) is 82.7 Å². The van der Waals surface area contributed by atoms with E-state index < -0.39 is 0 Å². The van der Waals surface area contributed by atoms with Crippen LogP contribution in [0.2, 0.25) is 5.02 Å². The highest BCUT2D eigenvalue weighted by Crippen LogP contribution is 2.26. The summed E-state index contributed by atoms with van der Waals surface area (Å²) in [6.07, 6.45) is 0. The van der Waals surface area contributed by atoms with E-state index in [0.717, 1.165) is 5.56 Å². The highest BCUT2D eigenvalue weighted by atomic mass is 35.5. The van der Waals surface area contributed by atoms with Crippen molar-refractivity contribution >= 4 is 17.5 Å². The van der Waals surface area contributed by atoms with Crippen LogP contribution in [0.25, 0.3) is 11.4 Å². The van der Waals surface area contributed by atoms with E-state index in [2.05, 4.69) is 15.0 Å². The summed E-state index contributed by atoms with van der Waals surface area (Å²) in [6, 6.07) is 14.1. The summed E-state index contributed by atoms with van der Waals surface area (Å²) in [5.41, 5.74) is 1.13. The van der Waals surface area contributed by atoms with Crippen LogP contribution >= 0.6 is 11.6 Å². The highest BCUT2D eigenvalue weighted by molar-refractivity contribution is 6.31. The molecule has 1 amide bonds. The Balaban J connectivity index is 1.40. The van der Waals surface area contributed by atoms with Crippen LogP contribution < -0.4 is 0 Å². The Labute approximate surface area is 173 Å². The maximum Gasteiger partial charge on any atom is 0.257 e. The molecule has 1 aliphatic heterocycles. The molecule has 3 aromatic rings. The van der Waals surface area contributed by atoms with Gasteiger partial charge in [-0.25, -0.2) is 0 Å². The SMILES string of the molecule is CC(c1nc(-c2ccccc2)no1)N1CCN(C(=O)c2cc(Cl)ccc2O)CC1. The van der Waals surface area contributed by atoms with Gasteiger partial charge in [-0.1, -0.05) is 47.1 Å². The molecule has 0 radical (unpaired) electrons. The number of carbonyl (C=O) groups excluding carboxylic acids is 1. The van der Waals surface area contributed by atoms with E-state index in [4.69, 9.17) is 16.1 Å². The normalized spacial score (nSPS) is 16.0. The number of benzene rings is 2. The molecule has 1 unspecified atom stereocenters. The number of carbonyl (C=O) groups is 1. The zero-order valence-corrected chi connectivity index (χ0v) is 16.7. The molecule has 1 N–H and O–H groups in total. The van der Waals surface area contributed by atoms with E-state index in [9.17, 15) is 9.90 Å². The van der Waals surface area contributed by atoms with E-state index in [1.807, 2.05) is 37.3 Å². The van der Waals surface area contributed by atoms with Crippen molar-refractivity contribution in [1.82, 2.24) is 19.9 Å². The third kappa shape index (κ3) is 4.11. The number of amides is 1. The minimum atomic E-state index is -0.221. The predicted molar refractivity (Wildman–Crippen MR) is 109 cm³/mol. The Bertz CT molecular complexity index is 1000. The van der Waals surface area contributed by atoms with Crippen LogP contribution in [0.1, 0.15) is 29.2 Å². The highest BCUT2D eigenvalue weighted by Gasteiger charge is 2.29. The number of hydrogen-bond donors (Lipinski definition) is 1. The third-order valence-electron chi connectivity index (χ3n) is 5.17. The van der Waals surface area contributed by atoms with Crippen molar-refractivity contribution in [3.8, 4) is 17.1 Å². The zero-order valence-electron chi connectivity index (χ0n) is 16.0. The molecular formula is C21H21ClN4O3. The lowest BCUT2D eigenvalue weighted by Crippen LogP contribution is -2.49. The number of phenols is 1. The van der Waals surface area contributed by atoms with Crippen LogP contribution in [-0.4, -0.2) is 57.1 Å². The average Bonchev–Trinajstić information content (AvgIpc) is 3.25. The van der Waals surface area contributed by atoms with Crippen LogP contribution in [0.5, 0.6) is 5.75 Å². The summed E-state index contributed by atoms with van der Waals surface area (Å²) in [4.78, 5) is 21.2. The standard InChI is InChI=1S/C21H21ClN4O3/c1-14(20-23-19(24-29-20)15-5-3-2-4-6-15)25-9-11-26(12-10-25)21(28)17-13-16(22)7-8-18(17)27/h2-8,13-14,27H,9-12H2,1H3. The number of hydrogen-bond acceptors (Lipinski definition) is 6. The summed E-state index contributed by atoms with van der Waals surface area (Å²) in [7, 11) is 0. The van der Waals surface area contributed by atoms with Gasteiger partial charge >= 0.3 is 0 Å². The molecule has 8 heteroatoms. The Morgan fingerprint density at radius 2 is 1.86 bits per heavy atom. The fourth-order valence-electron chi connectivity index (χ4n) is 3.43. The number of halogens is 1. The molecule has 4 rings (SSSR count). The molecule has 1 atom stereocenters. The first kappa shape index (κ1) is 19.4. The van der Waals surface area contributed by atoms with Crippen LogP contribution in [-0.2, 0) is 0 Å². The first-order valence-corrected chi connectivity index (χ1v) is 9.81. The first-order chi connectivity index (χ1) is 14.0. The number of rotatable bonds is 4. The monoisotopic (exact) mass is 412 g/mol. The third-order valence-corrected chi connectivity index (χ3v) is 5.40. The molecule has 1 fully saturated rings. The van der Waals surface area contributed by atoms with Crippen molar-refractivity contribution in [3.63, 3.8) is 0 Å². The second-order valence-electron chi connectivity index (χ2n) is 6.99. The van der Waals surface area contributed by atoms with Gasteiger partial charge in [-0.05, 0) is 25.1 Å². The lowest BCUT2D eigenvalue weighted by molar-refractivity contribution is 0.0549. The average molecular weight is 413 g/mol. The van der Waals surface area contributed by atoms with Crippen LogP contribution in [0.3, 0.4) is 0 Å². The molecule has 0 spiro atoms. The van der Waals surface area contributed by atoms with Crippen molar-refractivity contribution in [2.24, 2.45) is 0 Å². The molecule has 7 nitrogen and oxygen atoms in total. The van der Waals surface area contributed by atoms with Gasteiger partial charge in [0.05, 0.1) is 11.6 Å². The van der Waals surface area contributed by atoms with Crippen LogP contribution in [0.4, 0.5) is 0 Å². The molecule has 2 aromatic carbocycles. The van der Waals surface area contributed by atoms with Gasteiger partial charge in [0.1, 0.15) is 5.75 Å². The van der Waals surface area contributed by atoms with Crippen molar-refractivity contribution in [1.29, 1.82) is 0 Å². The number of aromatic hydroxyl groups is 1. The second kappa shape index (κ2) is 8.23. The van der Waals surface area contributed by atoms with E-state index in [1.54, 1.807) is 11.0 Å². The maximum absolute atomic E-state index is 12.7. The van der Waals surface area contributed by atoms with E-state index in [0.29, 0.717) is 42.9 Å². The molecule has 0 aliphatic carbocycles. The van der Waals surface area contributed by atoms with Gasteiger partial charge in [-0.15, -0.1) is 0 Å². The van der Waals surface area contributed by atoms with Gasteiger partial charge < -0.3 is 14.5 Å². The van der Waals surface area contributed by atoms with Crippen molar-refractivity contribution in [2.45, 2.75) is 13.0 Å². The summed E-state index contributed by atoms with van der Waals surface area (Å²) in [6.45, 7) is 4.42. The lowest BCUT2D eigenvalue weighted by Gasteiger charge is -2.36. The Morgan fingerprint density at radius 1 is 1.14 bits per heavy atom. The van der Waals surface area contributed by atoms with E-state index in [1.165, 1.54) is 12.1 Å². The summed E-state index contributed by atoms with van der Waals surface area (Å²) in [5.74, 6) is 0.838. The minimum absolute atomic E-state index is 0.0585. The fraction of sp³-hybridized carbons (Fsp3) is 0.286. The van der Waals surface area contributed by atoms with Crippen molar-refractivity contribution in [3.05, 3.63) is 65.0 Å². The molecule has 1 aliphatic rings. The van der Waals surface area contributed by atoms with Gasteiger partial charge in [0.25, 0.3) is 5.91 Å². The maximum atomic E-state index is 12.7. The smallest absolute Gasteiger partial charge is 0.257 e. The predicted octanol–water partition coefficient (Wildman–Crippen LogP) is 3.61. The Morgan fingerprint density at radius 3 is 2.59 bits per heavy atom. The largest absolute Gasteiger partial charge is 0.507 e. The number of phenolic OH excluding ortho intramolecular Hbond substituents is 1. The quantitative estimate of drug-likeness (QED) is 0.704. The molecular weight excluding hydrogens is 392 g/mol. The zero-order chi connectivity index (χ0) is 20.4.